The van der Waals surface area contributed by atoms with Crippen molar-refractivity contribution in [3.63, 3.8) is 0 Å². The van der Waals surface area contributed by atoms with Crippen LogP contribution in [0.3, 0.4) is 0 Å². The highest BCUT2D eigenvalue weighted by atomic mass is 32.2. The lowest BCUT2D eigenvalue weighted by Gasteiger charge is -2.01. The fourth-order valence-electron chi connectivity index (χ4n) is 2.36. The molecule has 0 atom stereocenters. The second kappa shape index (κ2) is 6.22. The lowest BCUT2D eigenvalue weighted by atomic mass is 10.1. The molecular formula is C17H19N3S. The number of rotatable bonds is 5. The quantitative estimate of drug-likeness (QED) is 0.422. The number of aryl methyl sites for hydroxylation is 2. The van der Waals surface area contributed by atoms with Crippen LogP contribution in [0.1, 0.15) is 17.5 Å². The van der Waals surface area contributed by atoms with Crippen molar-refractivity contribution in [1.82, 2.24) is 9.97 Å². The highest BCUT2D eigenvalue weighted by molar-refractivity contribution is 7.99. The van der Waals surface area contributed by atoms with E-state index in [0.29, 0.717) is 0 Å². The van der Waals surface area contributed by atoms with Gasteiger partial charge in [-0.05, 0) is 55.2 Å². The first-order chi connectivity index (χ1) is 10.2. The number of fused-ring (bicyclic) bond motifs is 1. The molecule has 3 rings (SSSR count). The summed E-state index contributed by atoms with van der Waals surface area (Å²) >= 11 is 1.78. The zero-order valence-electron chi connectivity index (χ0n) is 12.1. The summed E-state index contributed by atoms with van der Waals surface area (Å²) in [5.74, 6) is 1.05. The minimum atomic E-state index is 0.841. The van der Waals surface area contributed by atoms with Crippen LogP contribution in [0.25, 0.3) is 11.0 Å². The average Bonchev–Trinajstić information content (AvgIpc) is 2.85. The minimum absolute atomic E-state index is 0.841. The molecule has 0 aliphatic heterocycles. The van der Waals surface area contributed by atoms with Gasteiger partial charge in [0.15, 0.2) is 5.16 Å². The van der Waals surface area contributed by atoms with Crippen LogP contribution in [0, 0.1) is 6.92 Å². The Bertz CT molecular complexity index is 749. The van der Waals surface area contributed by atoms with Crippen LogP contribution in [0.15, 0.2) is 47.6 Å². The number of thioether (sulfide) groups is 1. The fourth-order valence-corrected chi connectivity index (χ4v) is 3.19. The maximum Gasteiger partial charge on any atom is 0.166 e. The third-order valence-electron chi connectivity index (χ3n) is 3.42. The van der Waals surface area contributed by atoms with Gasteiger partial charge in [0.2, 0.25) is 0 Å². The molecule has 3 N–H and O–H groups in total. The van der Waals surface area contributed by atoms with E-state index in [2.05, 4.69) is 47.2 Å². The number of anilines is 1. The summed E-state index contributed by atoms with van der Waals surface area (Å²) in [5, 5.41) is 1.00. The second-order valence-electron chi connectivity index (χ2n) is 5.26. The average molecular weight is 297 g/mol. The Kier molecular flexibility index (Phi) is 4.15. The number of aromatic nitrogens is 2. The van der Waals surface area contributed by atoms with E-state index in [9.17, 15) is 0 Å². The summed E-state index contributed by atoms with van der Waals surface area (Å²) in [7, 11) is 0. The summed E-state index contributed by atoms with van der Waals surface area (Å²) < 4.78 is 0. The molecule has 1 aromatic heterocycles. The molecule has 2 aromatic carbocycles. The van der Waals surface area contributed by atoms with E-state index in [1.165, 1.54) is 11.1 Å². The van der Waals surface area contributed by atoms with Gasteiger partial charge >= 0.3 is 0 Å². The summed E-state index contributed by atoms with van der Waals surface area (Å²) in [6.07, 6.45) is 2.17. The van der Waals surface area contributed by atoms with Crippen LogP contribution in [0.5, 0.6) is 0 Å². The van der Waals surface area contributed by atoms with Gasteiger partial charge in [0.1, 0.15) is 0 Å². The Morgan fingerprint density at radius 1 is 1.19 bits per heavy atom. The SMILES string of the molecule is Cc1ccc2nc(SCCCc3cccc(N)c3)[nH]c2c1. The van der Waals surface area contributed by atoms with Gasteiger partial charge < -0.3 is 10.7 Å². The minimum Gasteiger partial charge on any atom is -0.399 e. The van der Waals surface area contributed by atoms with Crippen LogP contribution in [0.4, 0.5) is 5.69 Å². The number of aromatic amines is 1. The molecule has 0 saturated heterocycles. The van der Waals surface area contributed by atoms with Crippen molar-refractivity contribution in [2.45, 2.75) is 24.9 Å². The molecule has 0 bridgehead atoms. The zero-order chi connectivity index (χ0) is 14.7. The van der Waals surface area contributed by atoms with Gasteiger partial charge in [0.05, 0.1) is 11.0 Å². The van der Waals surface area contributed by atoms with Gasteiger partial charge in [-0.2, -0.15) is 0 Å². The number of hydrogen-bond acceptors (Lipinski definition) is 3. The van der Waals surface area contributed by atoms with Crippen LogP contribution < -0.4 is 5.73 Å². The van der Waals surface area contributed by atoms with Gasteiger partial charge in [0, 0.05) is 11.4 Å². The molecule has 108 valence electrons. The second-order valence-corrected chi connectivity index (χ2v) is 6.34. The van der Waals surface area contributed by atoms with E-state index in [-0.39, 0.29) is 0 Å². The Morgan fingerprint density at radius 2 is 2.10 bits per heavy atom. The third kappa shape index (κ3) is 3.58. The zero-order valence-corrected chi connectivity index (χ0v) is 12.9. The normalized spacial score (nSPS) is 11.1. The van der Waals surface area contributed by atoms with E-state index in [4.69, 9.17) is 5.73 Å². The van der Waals surface area contributed by atoms with Gasteiger partial charge in [-0.25, -0.2) is 4.98 Å². The van der Waals surface area contributed by atoms with Crippen molar-refractivity contribution in [3.8, 4) is 0 Å². The lowest BCUT2D eigenvalue weighted by molar-refractivity contribution is 0.929. The Hall–Kier alpha value is -1.94. The molecule has 4 heteroatoms. The summed E-state index contributed by atoms with van der Waals surface area (Å²) in [6.45, 7) is 2.10. The molecular weight excluding hydrogens is 278 g/mol. The van der Waals surface area contributed by atoms with Gasteiger partial charge in [-0.1, -0.05) is 30.0 Å². The Balaban J connectivity index is 1.54. The standard InChI is InChI=1S/C17H19N3S/c1-12-7-8-15-16(10-12)20-17(19-15)21-9-3-5-13-4-2-6-14(18)11-13/h2,4,6-8,10-11H,3,5,9,18H2,1H3,(H,19,20). The van der Waals surface area contributed by atoms with Gasteiger partial charge in [-0.15, -0.1) is 0 Å². The molecule has 0 fully saturated rings. The first kappa shape index (κ1) is 14.0. The predicted octanol–water partition coefficient (Wildman–Crippen LogP) is 4.18. The summed E-state index contributed by atoms with van der Waals surface area (Å²) in [4.78, 5) is 7.98. The molecule has 21 heavy (non-hydrogen) atoms. The number of nitrogens with two attached hydrogens (primary N) is 1. The highest BCUT2D eigenvalue weighted by Gasteiger charge is 2.03. The molecule has 1 heterocycles. The van der Waals surface area contributed by atoms with Crippen molar-refractivity contribution in [3.05, 3.63) is 53.6 Å². The van der Waals surface area contributed by atoms with E-state index < -0.39 is 0 Å². The highest BCUT2D eigenvalue weighted by Crippen LogP contribution is 2.21. The Morgan fingerprint density at radius 3 is 2.95 bits per heavy atom. The lowest BCUT2D eigenvalue weighted by Crippen LogP contribution is -1.91. The summed E-state index contributed by atoms with van der Waals surface area (Å²) in [6, 6.07) is 14.4. The number of benzene rings is 2. The molecule has 0 amide bonds. The predicted molar refractivity (Wildman–Crippen MR) is 90.7 cm³/mol. The van der Waals surface area contributed by atoms with Crippen LogP contribution >= 0.6 is 11.8 Å². The fraction of sp³-hybridized carbons (Fsp3) is 0.235. The number of H-pyrrole nitrogens is 1. The molecule has 0 spiro atoms. The van der Waals surface area contributed by atoms with E-state index in [0.717, 1.165) is 40.5 Å². The van der Waals surface area contributed by atoms with E-state index in [1.807, 2.05) is 12.1 Å². The first-order valence-electron chi connectivity index (χ1n) is 7.14. The maximum absolute atomic E-state index is 5.79. The topological polar surface area (TPSA) is 54.7 Å². The number of hydrogen-bond donors (Lipinski definition) is 2. The Labute approximate surface area is 129 Å². The molecule has 0 radical (unpaired) electrons. The van der Waals surface area contributed by atoms with Crippen LogP contribution in [-0.2, 0) is 6.42 Å². The molecule has 0 unspecified atom stereocenters. The summed E-state index contributed by atoms with van der Waals surface area (Å²) in [5.41, 5.74) is 11.3. The third-order valence-corrected chi connectivity index (χ3v) is 4.37. The largest absolute Gasteiger partial charge is 0.399 e. The van der Waals surface area contributed by atoms with E-state index in [1.54, 1.807) is 11.8 Å². The maximum atomic E-state index is 5.79. The van der Waals surface area contributed by atoms with Gasteiger partial charge in [0.25, 0.3) is 0 Å². The van der Waals surface area contributed by atoms with Crippen LogP contribution in [-0.4, -0.2) is 15.7 Å². The van der Waals surface area contributed by atoms with Crippen molar-refractivity contribution in [2.75, 3.05) is 11.5 Å². The van der Waals surface area contributed by atoms with Crippen molar-refractivity contribution in [2.24, 2.45) is 0 Å². The number of imidazole rings is 1. The number of nitrogens with one attached hydrogen (secondary N) is 1. The molecule has 3 aromatic rings. The molecule has 0 aliphatic carbocycles. The van der Waals surface area contributed by atoms with Crippen molar-refractivity contribution >= 4 is 28.5 Å². The number of nitrogen functional groups attached to an aromatic ring is 1. The smallest absolute Gasteiger partial charge is 0.166 e. The van der Waals surface area contributed by atoms with E-state index >= 15 is 0 Å². The van der Waals surface area contributed by atoms with Gasteiger partial charge in [-0.3, -0.25) is 0 Å². The van der Waals surface area contributed by atoms with Crippen molar-refractivity contribution in [1.29, 1.82) is 0 Å². The van der Waals surface area contributed by atoms with Crippen molar-refractivity contribution < 1.29 is 0 Å². The monoisotopic (exact) mass is 297 g/mol. The number of nitrogens with zero attached hydrogens (tertiary/aromatic N) is 1. The van der Waals surface area contributed by atoms with Crippen LogP contribution in [0.2, 0.25) is 0 Å². The molecule has 0 aliphatic rings. The first-order valence-corrected chi connectivity index (χ1v) is 8.13. The molecule has 0 saturated carbocycles. The molecule has 3 nitrogen and oxygen atoms in total.